The van der Waals surface area contributed by atoms with Crippen LogP contribution < -0.4 is 0 Å². The summed E-state index contributed by atoms with van der Waals surface area (Å²) < 4.78 is 5.47. The van der Waals surface area contributed by atoms with Crippen molar-refractivity contribution in [3.8, 4) is 0 Å². The largest absolute Gasteiger partial charge is 0.379 e. The molecular weight excluding hydrogens is 310 g/mol. The smallest absolute Gasteiger partial charge is 0.265 e. The van der Waals surface area contributed by atoms with E-state index in [-0.39, 0.29) is 5.91 Å². The summed E-state index contributed by atoms with van der Waals surface area (Å²) in [6, 6.07) is 0.478. The summed E-state index contributed by atoms with van der Waals surface area (Å²) in [5.74, 6) is 0.741. The fourth-order valence-electron chi connectivity index (χ4n) is 3.69. The molecule has 0 saturated carbocycles. The molecule has 1 aromatic rings. The van der Waals surface area contributed by atoms with Crippen LogP contribution in [0.1, 0.15) is 40.6 Å². The lowest BCUT2D eigenvalue weighted by Crippen LogP contribution is -2.47. The lowest BCUT2D eigenvalue weighted by atomic mass is 9.99. The van der Waals surface area contributed by atoms with Gasteiger partial charge in [0.1, 0.15) is 4.88 Å². The predicted molar refractivity (Wildman–Crippen MR) is 92.1 cm³/mol. The molecule has 128 valence electrons. The van der Waals surface area contributed by atoms with Crippen LogP contribution in [0.5, 0.6) is 0 Å². The third-order valence-corrected chi connectivity index (χ3v) is 6.36. The number of thiazole rings is 1. The Morgan fingerprint density at radius 1 is 1.30 bits per heavy atom. The van der Waals surface area contributed by atoms with Crippen molar-refractivity contribution < 1.29 is 9.53 Å². The lowest BCUT2D eigenvalue weighted by Gasteiger charge is -2.34. The first kappa shape index (κ1) is 16.9. The SMILES string of the molecule is CCc1nc(C)c(C(=O)N2C[C@H](CC)[C@H](N3CCOCC3)C2)s1. The number of carbonyl (C=O) groups excluding carboxylic acids is 1. The number of carbonyl (C=O) groups is 1. The summed E-state index contributed by atoms with van der Waals surface area (Å²) in [6.45, 7) is 11.6. The summed E-state index contributed by atoms with van der Waals surface area (Å²) in [5, 5.41) is 1.06. The first-order valence-corrected chi connectivity index (χ1v) is 9.53. The maximum absolute atomic E-state index is 12.9. The second-order valence-electron chi connectivity index (χ2n) is 6.47. The van der Waals surface area contributed by atoms with Gasteiger partial charge in [-0.05, 0) is 19.3 Å². The van der Waals surface area contributed by atoms with Gasteiger partial charge in [0.25, 0.3) is 5.91 Å². The van der Waals surface area contributed by atoms with Crippen molar-refractivity contribution in [2.75, 3.05) is 39.4 Å². The van der Waals surface area contributed by atoms with E-state index in [1.54, 1.807) is 11.3 Å². The van der Waals surface area contributed by atoms with Crippen LogP contribution >= 0.6 is 11.3 Å². The molecule has 0 radical (unpaired) electrons. The van der Waals surface area contributed by atoms with E-state index < -0.39 is 0 Å². The van der Waals surface area contributed by atoms with Crippen molar-refractivity contribution >= 4 is 17.2 Å². The highest BCUT2D eigenvalue weighted by molar-refractivity contribution is 7.13. The standard InChI is InChI=1S/C17H27N3O2S/c1-4-13-10-20(11-14(13)19-6-8-22-9-7-19)17(21)16-12(3)18-15(5-2)23-16/h13-14H,4-11H2,1-3H3/t13-,14+/m0/s1. The van der Waals surface area contributed by atoms with E-state index >= 15 is 0 Å². The molecule has 6 heteroatoms. The van der Waals surface area contributed by atoms with E-state index in [0.717, 1.165) is 67.8 Å². The third kappa shape index (κ3) is 3.44. The summed E-state index contributed by atoms with van der Waals surface area (Å²) in [7, 11) is 0. The third-order valence-electron chi connectivity index (χ3n) is 5.07. The van der Waals surface area contributed by atoms with E-state index in [2.05, 4.69) is 23.7 Å². The quantitative estimate of drug-likeness (QED) is 0.845. The first-order valence-electron chi connectivity index (χ1n) is 8.71. The van der Waals surface area contributed by atoms with Gasteiger partial charge < -0.3 is 9.64 Å². The average molecular weight is 337 g/mol. The maximum Gasteiger partial charge on any atom is 0.265 e. The number of hydrogen-bond acceptors (Lipinski definition) is 5. The Hall–Kier alpha value is -0.980. The van der Waals surface area contributed by atoms with Crippen molar-refractivity contribution in [1.82, 2.24) is 14.8 Å². The molecule has 0 unspecified atom stereocenters. The van der Waals surface area contributed by atoms with Gasteiger partial charge in [-0.15, -0.1) is 11.3 Å². The van der Waals surface area contributed by atoms with Crippen LogP contribution in [0.25, 0.3) is 0 Å². The Kier molecular flexibility index (Phi) is 5.34. The van der Waals surface area contributed by atoms with Crippen LogP contribution in [-0.2, 0) is 11.2 Å². The summed E-state index contributed by atoms with van der Waals surface area (Å²) in [6.07, 6.45) is 2.01. The van der Waals surface area contributed by atoms with Crippen LogP contribution in [0.15, 0.2) is 0 Å². The van der Waals surface area contributed by atoms with Crippen LogP contribution in [0, 0.1) is 12.8 Å². The monoisotopic (exact) mass is 337 g/mol. The molecule has 1 aromatic heterocycles. The molecule has 0 aromatic carbocycles. The minimum atomic E-state index is 0.175. The molecule has 3 rings (SSSR count). The Morgan fingerprint density at radius 2 is 2.04 bits per heavy atom. The Balaban J connectivity index is 1.73. The zero-order valence-corrected chi connectivity index (χ0v) is 15.2. The molecule has 0 aliphatic carbocycles. The van der Waals surface area contributed by atoms with Crippen molar-refractivity contribution in [3.05, 3.63) is 15.6 Å². The highest BCUT2D eigenvalue weighted by Gasteiger charge is 2.39. The van der Waals surface area contributed by atoms with Gasteiger partial charge in [0.2, 0.25) is 0 Å². The van der Waals surface area contributed by atoms with Crippen LogP contribution in [0.4, 0.5) is 0 Å². The van der Waals surface area contributed by atoms with Gasteiger partial charge >= 0.3 is 0 Å². The predicted octanol–water partition coefficient (Wildman–Crippen LogP) is 2.20. The molecule has 2 saturated heterocycles. The first-order chi connectivity index (χ1) is 11.1. The average Bonchev–Trinajstić information content (AvgIpc) is 3.18. The number of ether oxygens (including phenoxy) is 1. The van der Waals surface area contributed by atoms with Crippen LogP contribution in [0.2, 0.25) is 0 Å². The lowest BCUT2D eigenvalue weighted by molar-refractivity contribution is 0.0103. The van der Waals surface area contributed by atoms with Gasteiger partial charge in [-0.2, -0.15) is 0 Å². The number of aryl methyl sites for hydroxylation is 2. The second-order valence-corrected chi connectivity index (χ2v) is 7.55. The number of rotatable bonds is 4. The number of aromatic nitrogens is 1. The van der Waals surface area contributed by atoms with E-state index in [0.29, 0.717) is 12.0 Å². The minimum absolute atomic E-state index is 0.175. The topological polar surface area (TPSA) is 45.7 Å². The molecule has 0 spiro atoms. The molecular formula is C17H27N3O2S. The van der Waals surface area contributed by atoms with Crippen molar-refractivity contribution in [2.45, 2.75) is 39.7 Å². The Morgan fingerprint density at radius 3 is 2.65 bits per heavy atom. The van der Waals surface area contributed by atoms with Gasteiger partial charge in [-0.25, -0.2) is 4.98 Å². The highest BCUT2D eigenvalue weighted by Crippen LogP contribution is 2.29. The van der Waals surface area contributed by atoms with Gasteiger partial charge in [0.05, 0.1) is 23.9 Å². The van der Waals surface area contributed by atoms with Crippen molar-refractivity contribution in [2.24, 2.45) is 5.92 Å². The number of amides is 1. The van der Waals surface area contributed by atoms with Crippen molar-refractivity contribution in [1.29, 1.82) is 0 Å². The van der Waals surface area contributed by atoms with E-state index in [4.69, 9.17) is 4.74 Å². The number of nitrogens with zero attached hydrogens (tertiary/aromatic N) is 3. The molecule has 0 N–H and O–H groups in total. The van der Waals surface area contributed by atoms with Gasteiger partial charge in [-0.1, -0.05) is 20.3 Å². The number of likely N-dealkylation sites (tertiary alicyclic amines) is 1. The summed E-state index contributed by atoms with van der Waals surface area (Å²) >= 11 is 1.56. The molecule has 5 nitrogen and oxygen atoms in total. The van der Waals surface area contributed by atoms with Crippen LogP contribution in [0.3, 0.4) is 0 Å². The van der Waals surface area contributed by atoms with E-state index in [1.807, 2.05) is 11.8 Å². The number of hydrogen-bond donors (Lipinski definition) is 0. The highest BCUT2D eigenvalue weighted by atomic mass is 32.1. The molecule has 1 amide bonds. The number of morpholine rings is 1. The molecule has 2 atom stereocenters. The summed E-state index contributed by atoms with van der Waals surface area (Å²) in [4.78, 5) is 22.9. The normalized spacial score (nSPS) is 26.0. The Labute approximate surface area is 142 Å². The van der Waals surface area contributed by atoms with Gasteiger partial charge in [0, 0.05) is 32.2 Å². The minimum Gasteiger partial charge on any atom is -0.379 e. The van der Waals surface area contributed by atoms with Crippen molar-refractivity contribution in [3.63, 3.8) is 0 Å². The molecule has 0 bridgehead atoms. The summed E-state index contributed by atoms with van der Waals surface area (Å²) in [5.41, 5.74) is 0.889. The zero-order valence-electron chi connectivity index (χ0n) is 14.4. The van der Waals surface area contributed by atoms with E-state index in [1.165, 1.54) is 0 Å². The van der Waals surface area contributed by atoms with E-state index in [9.17, 15) is 4.79 Å². The zero-order chi connectivity index (χ0) is 16.4. The molecule has 23 heavy (non-hydrogen) atoms. The maximum atomic E-state index is 12.9. The van der Waals surface area contributed by atoms with Gasteiger partial charge in [0.15, 0.2) is 0 Å². The van der Waals surface area contributed by atoms with Crippen LogP contribution in [-0.4, -0.2) is 66.1 Å². The molecule has 2 aliphatic rings. The molecule has 2 fully saturated rings. The second kappa shape index (κ2) is 7.28. The molecule has 2 aliphatic heterocycles. The van der Waals surface area contributed by atoms with Gasteiger partial charge in [-0.3, -0.25) is 9.69 Å². The Bertz CT molecular complexity index is 554. The molecule has 3 heterocycles. The fourth-order valence-corrected chi connectivity index (χ4v) is 4.66. The fraction of sp³-hybridized carbons (Fsp3) is 0.765.